The first-order valence-electron chi connectivity index (χ1n) is 6.83. The molecule has 0 unspecified atom stereocenters. The highest BCUT2D eigenvalue weighted by atomic mass is 16.6. The summed E-state index contributed by atoms with van der Waals surface area (Å²) in [5.74, 6) is -0.760. The first-order chi connectivity index (χ1) is 11.4. The minimum absolute atomic E-state index is 0.231. The Labute approximate surface area is 135 Å². The van der Waals surface area contributed by atoms with E-state index in [-0.39, 0.29) is 5.56 Å². The predicted octanol–water partition coefficient (Wildman–Crippen LogP) is 1.97. The third kappa shape index (κ3) is 3.90. The molecule has 0 aromatic heterocycles. The smallest absolute Gasteiger partial charge is 0.277 e. The number of nitro benzene ring substituents is 2. The summed E-state index contributed by atoms with van der Waals surface area (Å²) >= 11 is 0. The monoisotopic (exact) mass is 331 g/mol. The van der Waals surface area contributed by atoms with Crippen LogP contribution in [0.4, 0.5) is 11.4 Å². The summed E-state index contributed by atoms with van der Waals surface area (Å²) in [6, 6.07) is 10.5. The summed E-state index contributed by atoms with van der Waals surface area (Å²) in [6.45, 7) is -0.396. The van der Waals surface area contributed by atoms with Crippen LogP contribution in [0.15, 0.2) is 48.5 Å². The second-order valence-electron chi connectivity index (χ2n) is 4.87. The Balaban J connectivity index is 2.31. The van der Waals surface area contributed by atoms with E-state index in [1.165, 1.54) is 0 Å². The molecule has 1 amide bonds. The molecule has 1 atom stereocenters. The number of non-ortho nitro benzene ring substituents is 2. The molecule has 0 heterocycles. The van der Waals surface area contributed by atoms with E-state index in [2.05, 4.69) is 5.32 Å². The number of aliphatic hydroxyl groups excluding tert-OH is 1. The van der Waals surface area contributed by atoms with Gasteiger partial charge in [0.1, 0.15) is 0 Å². The van der Waals surface area contributed by atoms with Crippen LogP contribution in [-0.4, -0.2) is 27.5 Å². The van der Waals surface area contributed by atoms with Crippen LogP contribution < -0.4 is 5.32 Å². The topological polar surface area (TPSA) is 136 Å². The maximum absolute atomic E-state index is 12.3. The lowest BCUT2D eigenvalue weighted by molar-refractivity contribution is -0.394. The SMILES string of the molecule is O=C(N[C@@H](CO)c1ccccc1)c1cc([N+](=O)[O-])cc([N+](=O)[O-])c1. The van der Waals surface area contributed by atoms with Gasteiger partial charge in [-0.15, -0.1) is 0 Å². The van der Waals surface area contributed by atoms with Crippen LogP contribution in [0.3, 0.4) is 0 Å². The molecule has 2 rings (SSSR count). The molecule has 0 saturated carbocycles. The second-order valence-corrected chi connectivity index (χ2v) is 4.87. The minimum atomic E-state index is -0.815. The van der Waals surface area contributed by atoms with Gasteiger partial charge in [-0.2, -0.15) is 0 Å². The predicted molar refractivity (Wildman–Crippen MR) is 83.5 cm³/mol. The van der Waals surface area contributed by atoms with Gasteiger partial charge in [0.25, 0.3) is 17.3 Å². The molecule has 0 aliphatic rings. The van der Waals surface area contributed by atoms with Crippen LogP contribution in [0.5, 0.6) is 0 Å². The van der Waals surface area contributed by atoms with Gasteiger partial charge in [-0.25, -0.2) is 0 Å². The molecule has 9 heteroatoms. The van der Waals surface area contributed by atoms with Crippen molar-refractivity contribution in [3.8, 4) is 0 Å². The van der Waals surface area contributed by atoms with E-state index >= 15 is 0 Å². The molecule has 124 valence electrons. The molecule has 0 bridgehead atoms. The van der Waals surface area contributed by atoms with Crippen LogP contribution in [0.1, 0.15) is 22.0 Å². The fourth-order valence-corrected chi connectivity index (χ4v) is 2.10. The number of carbonyl (C=O) groups excluding carboxylic acids is 1. The molecule has 2 aromatic carbocycles. The van der Waals surface area contributed by atoms with Crippen molar-refractivity contribution in [2.75, 3.05) is 6.61 Å². The number of benzene rings is 2. The third-order valence-electron chi connectivity index (χ3n) is 3.28. The highest BCUT2D eigenvalue weighted by Gasteiger charge is 2.21. The van der Waals surface area contributed by atoms with Crippen molar-refractivity contribution in [1.29, 1.82) is 0 Å². The molecule has 0 aliphatic carbocycles. The maximum Gasteiger partial charge on any atom is 0.277 e. The highest BCUT2D eigenvalue weighted by molar-refractivity contribution is 5.95. The zero-order chi connectivity index (χ0) is 17.7. The standard InChI is InChI=1S/C15H13N3O6/c19-9-14(10-4-2-1-3-5-10)16-15(20)11-6-12(17(21)22)8-13(7-11)18(23)24/h1-8,14,19H,9H2,(H,16,20)/t14-/m0/s1. The number of hydrogen-bond acceptors (Lipinski definition) is 6. The van der Waals surface area contributed by atoms with E-state index in [1.807, 2.05) is 0 Å². The molecule has 0 aliphatic heterocycles. The fourth-order valence-electron chi connectivity index (χ4n) is 2.10. The second kappa shape index (κ2) is 7.29. The quantitative estimate of drug-likeness (QED) is 0.613. The molecule has 9 nitrogen and oxygen atoms in total. The normalized spacial score (nSPS) is 11.5. The van der Waals surface area contributed by atoms with Crippen molar-refractivity contribution < 1.29 is 19.7 Å². The van der Waals surface area contributed by atoms with Gasteiger partial charge in [0.15, 0.2) is 0 Å². The largest absolute Gasteiger partial charge is 0.394 e. The number of nitrogens with one attached hydrogen (secondary N) is 1. The Morgan fingerprint density at radius 2 is 1.58 bits per heavy atom. The molecular weight excluding hydrogens is 318 g/mol. The van der Waals surface area contributed by atoms with Gasteiger partial charge < -0.3 is 10.4 Å². The van der Waals surface area contributed by atoms with Gasteiger partial charge in [-0.1, -0.05) is 30.3 Å². The first-order valence-corrected chi connectivity index (χ1v) is 6.83. The van der Waals surface area contributed by atoms with Crippen molar-refractivity contribution >= 4 is 17.3 Å². The minimum Gasteiger partial charge on any atom is -0.394 e. The van der Waals surface area contributed by atoms with Gasteiger partial charge in [-0.3, -0.25) is 25.0 Å². The lowest BCUT2D eigenvalue weighted by Gasteiger charge is -2.16. The van der Waals surface area contributed by atoms with E-state index in [4.69, 9.17) is 0 Å². The van der Waals surface area contributed by atoms with Crippen LogP contribution in [0.25, 0.3) is 0 Å². The van der Waals surface area contributed by atoms with Crippen LogP contribution >= 0.6 is 0 Å². The molecule has 2 N–H and O–H groups in total. The van der Waals surface area contributed by atoms with Crippen LogP contribution in [-0.2, 0) is 0 Å². The lowest BCUT2D eigenvalue weighted by Crippen LogP contribution is -2.30. The average Bonchev–Trinajstić information content (AvgIpc) is 2.59. The molecule has 2 aromatic rings. The maximum atomic E-state index is 12.3. The van der Waals surface area contributed by atoms with Crippen LogP contribution in [0.2, 0.25) is 0 Å². The van der Waals surface area contributed by atoms with Crippen molar-refractivity contribution in [3.63, 3.8) is 0 Å². The summed E-state index contributed by atoms with van der Waals surface area (Å²) in [5.41, 5.74) is -0.720. The zero-order valence-electron chi connectivity index (χ0n) is 12.3. The molecule has 24 heavy (non-hydrogen) atoms. The number of nitrogens with zero attached hydrogens (tertiary/aromatic N) is 2. The number of carbonyl (C=O) groups is 1. The Morgan fingerprint density at radius 3 is 2.04 bits per heavy atom. The van der Waals surface area contributed by atoms with E-state index in [0.29, 0.717) is 5.56 Å². The summed E-state index contributed by atoms with van der Waals surface area (Å²) in [7, 11) is 0. The molecular formula is C15H13N3O6. The lowest BCUT2D eigenvalue weighted by atomic mass is 10.1. The van der Waals surface area contributed by atoms with E-state index in [9.17, 15) is 30.1 Å². The summed E-state index contributed by atoms with van der Waals surface area (Å²) in [4.78, 5) is 32.4. The van der Waals surface area contributed by atoms with Crippen molar-refractivity contribution in [3.05, 3.63) is 79.9 Å². The Morgan fingerprint density at radius 1 is 1.04 bits per heavy atom. The zero-order valence-corrected chi connectivity index (χ0v) is 12.3. The van der Waals surface area contributed by atoms with Crippen LogP contribution in [0, 0.1) is 20.2 Å². The van der Waals surface area contributed by atoms with Crippen molar-refractivity contribution in [1.82, 2.24) is 5.32 Å². The number of rotatable bonds is 6. The van der Waals surface area contributed by atoms with Gasteiger partial charge >= 0.3 is 0 Å². The fraction of sp³-hybridized carbons (Fsp3) is 0.133. The third-order valence-corrected chi connectivity index (χ3v) is 3.28. The van der Waals surface area contributed by atoms with E-state index in [1.54, 1.807) is 30.3 Å². The number of nitro groups is 2. The summed E-state index contributed by atoms with van der Waals surface area (Å²) < 4.78 is 0. The van der Waals surface area contributed by atoms with Gasteiger partial charge in [-0.05, 0) is 5.56 Å². The molecule has 0 spiro atoms. The van der Waals surface area contributed by atoms with Gasteiger partial charge in [0.2, 0.25) is 0 Å². The Bertz CT molecular complexity index is 746. The highest BCUT2D eigenvalue weighted by Crippen LogP contribution is 2.23. The first kappa shape index (κ1) is 17.0. The van der Waals surface area contributed by atoms with Gasteiger partial charge in [0, 0.05) is 12.1 Å². The van der Waals surface area contributed by atoms with Gasteiger partial charge in [0.05, 0.1) is 34.1 Å². The van der Waals surface area contributed by atoms with Crippen molar-refractivity contribution in [2.45, 2.75) is 6.04 Å². The number of aliphatic hydroxyl groups is 1. The van der Waals surface area contributed by atoms with E-state index in [0.717, 1.165) is 18.2 Å². The van der Waals surface area contributed by atoms with E-state index < -0.39 is 39.8 Å². The summed E-state index contributed by atoms with van der Waals surface area (Å²) in [5, 5.41) is 33.7. The molecule has 0 radical (unpaired) electrons. The average molecular weight is 331 g/mol. The summed E-state index contributed by atoms with van der Waals surface area (Å²) in [6.07, 6.45) is 0. The number of hydrogen-bond donors (Lipinski definition) is 2. The number of amides is 1. The molecule has 0 saturated heterocycles. The van der Waals surface area contributed by atoms with Crippen molar-refractivity contribution in [2.24, 2.45) is 0 Å². The molecule has 0 fully saturated rings. The Hall–Kier alpha value is -3.33. The Kier molecular flexibility index (Phi) is 5.17.